The van der Waals surface area contributed by atoms with Crippen molar-refractivity contribution in [1.82, 2.24) is 5.32 Å². The Bertz CT molecular complexity index is 527. The molecular weight excluding hydrogens is 268 g/mol. The molecule has 0 spiro atoms. The van der Waals surface area contributed by atoms with Crippen molar-refractivity contribution in [3.05, 3.63) is 34.4 Å². The quantitative estimate of drug-likeness (QED) is 0.915. The molecule has 0 saturated heterocycles. The molecule has 116 valence electrons. The van der Waals surface area contributed by atoms with Crippen LogP contribution < -0.4 is 5.32 Å². The molecule has 0 aliphatic heterocycles. The number of benzene rings is 1. The minimum absolute atomic E-state index is 0. The first-order valence-electron chi connectivity index (χ1n) is 6.55. The molecule has 0 aliphatic rings. The van der Waals surface area contributed by atoms with Crippen molar-refractivity contribution in [3.63, 3.8) is 0 Å². The number of nitrogens with one attached hydrogen (secondary N) is 1. The Labute approximate surface area is 126 Å². The van der Waals surface area contributed by atoms with Crippen molar-refractivity contribution in [2.45, 2.75) is 41.0 Å². The van der Waals surface area contributed by atoms with Gasteiger partial charge < -0.3 is 15.6 Å². The van der Waals surface area contributed by atoms with Crippen LogP contribution in [-0.4, -0.2) is 23.7 Å². The summed E-state index contributed by atoms with van der Waals surface area (Å²) < 4.78 is 0. The maximum atomic E-state index is 11.5. The monoisotopic (exact) mass is 292 g/mol. The molecule has 21 heavy (non-hydrogen) atoms. The number of rotatable bonds is 3. The van der Waals surface area contributed by atoms with Crippen LogP contribution in [0.3, 0.4) is 0 Å². The lowest BCUT2D eigenvalue weighted by molar-refractivity contribution is -0.120. The molecule has 5 nitrogen and oxygen atoms in total. The van der Waals surface area contributed by atoms with Gasteiger partial charge in [0.25, 0.3) is 0 Å². The first-order chi connectivity index (χ1) is 9.31. The fourth-order valence-corrected chi connectivity index (χ4v) is 1.75. The number of aryl methyl sites for hydroxylation is 2. The molecule has 1 aromatic carbocycles. The van der Waals surface area contributed by atoms with Gasteiger partial charge >= 0.3 is 0 Å². The number of ketones is 1. The molecule has 0 fully saturated rings. The SMILES string of the molecule is CC(C)=O.CCNC(=O)Cc1c(C)cc(C)cc1C#N.O. The van der Waals surface area contributed by atoms with Gasteiger partial charge in [-0.05, 0) is 57.4 Å². The van der Waals surface area contributed by atoms with Crippen LogP contribution >= 0.6 is 0 Å². The highest BCUT2D eigenvalue weighted by molar-refractivity contribution is 5.79. The minimum Gasteiger partial charge on any atom is -0.412 e. The Hall–Kier alpha value is -2.19. The lowest BCUT2D eigenvalue weighted by Gasteiger charge is -2.09. The molecule has 0 aliphatic carbocycles. The Morgan fingerprint density at radius 3 is 2.19 bits per heavy atom. The summed E-state index contributed by atoms with van der Waals surface area (Å²) in [4.78, 5) is 20.9. The zero-order valence-corrected chi connectivity index (χ0v) is 13.3. The van der Waals surface area contributed by atoms with Gasteiger partial charge in [-0.1, -0.05) is 6.07 Å². The van der Waals surface area contributed by atoms with Crippen molar-refractivity contribution in [2.75, 3.05) is 6.54 Å². The molecule has 0 saturated carbocycles. The number of likely N-dealkylation sites (N-methyl/N-ethyl adjacent to an activating group) is 1. The third-order valence-electron chi connectivity index (χ3n) is 2.45. The summed E-state index contributed by atoms with van der Waals surface area (Å²) in [6, 6.07) is 5.96. The van der Waals surface area contributed by atoms with Crippen molar-refractivity contribution in [1.29, 1.82) is 5.26 Å². The van der Waals surface area contributed by atoms with E-state index < -0.39 is 0 Å². The molecule has 3 N–H and O–H groups in total. The number of Topliss-reactive ketones (excluding diaryl/α,β-unsaturated/α-hetero) is 1. The van der Waals surface area contributed by atoms with Gasteiger partial charge in [0.1, 0.15) is 5.78 Å². The van der Waals surface area contributed by atoms with Crippen molar-refractivity contribution in [2.24, 2.45) is 0 Å². The van der Waals surface area contributed by atoms with Gasteiger partial charge in [0.05, 0.1) is 18.1 Å². The summed E-state index contributed by atoms with van der Waals surface area (Å²) in [5, 5.41) is 11.8. The van der Waals surface area contributed by atoms with Crippen molar-refractivity contribution in [3.8, 4) is 6.07 Å². The number of nitrogens with zero attached hydrogens (tertiary/aromatic N) is 1. The zero-order chi connectivity index (χ0) is 15.7. The summed E-state index contributed by atoms with van der Waals surface area (Å²) in [7, 11) is 0. The second kappa shape index (κ2) is 10.6. The summed E-state index contributed by atoms with van der Waals surface area (Å²) >= 11 is 0. The van der Waals surface area contributed by atoms with E-state index in [2.05, 4.69) is 11.4 Å². The largest absolute Gasteiger partial charge is 0.412 e. The van der Waals surface area contributed by atoms with Gasteiger partial charge in [0.2, 0.25) is 5.91 Å². The molecule has 0 unspecified atom stereocenters. The summed E-state index contributed by atoms with van der Waals surface area (Å²) in [6.45, 7) is 9.43. The van der Waals surface area contributed by atoms with E-state index in [0.717, 1.165) is 16.7 Å². The zero-order valence-electron chi connectivity index (χ0n) is 13.3. The lowest BCUT2D eigenvalue weighted by Crippen LogP contribution is -2.25. The molecular formula is C16H24N2O3. The van der Waals surface area contributed by atoms with E-state index in [9.17, 15) is 9.59 Å². The van der Waals surface area contributed by atoms with Crippen LogP contribution in [0.5, 0.6) is 0 Å². The van der Waals surface area contributed by atoms with Crippen LogP contribution in [0.2, 0.25) is 0 Å². The van der Waals surface area contributed by atoms with E-state index in [1.165, 1.54) is 13.8 Å². The maximum Gasteiger partial charge on any atom is 0.224 e. The summed E-state index contributed by atoms with van der Waals surface area (Å²) in [5.41, 5.74) is 3.49. The molecule has 0 bridgehead atoms. The number of carbonyl (C=O) groups excluding carboxylic acids is 2. The van der Waals surface area contributed by atoms with E-state index in [1.54, 1.807) is 0 Å². The van der Waals surface area contributed by atoms with Gasteiger partial charge in [0.15, 0.2) is 0 Å². The second-order valence-corrected chi connectivity index (χ2v) is 4.76. The highest BCUT2D eigenvalue weighted by Gasteiger charge is 2.10. The smallest absolute Gasteiger partial charge is 0.224 e. The third kappa shape index (κ3) is 8.56. The van der Waals surface area contributed by atoms with E-state index in [-0.39, 0.29) is 23.6 Å². The molecule has 0 atom stereocenters. The highest BCUT2D eigenvalue weighted by atomic mass is 16.1. The van der Waals surface area contributed by atoms with Crippen molar-refractivity contribution < 1.29 is 15.1 Å². The fraction of sp³-hybridized carbons (Fsp3) is 0.438. The van der Waals surface area contributed by atoms with Crippen LogP contribution in [-0.2, 0) is 16.0 Å². The number of carbonyl (C=O) groups is 2. The van der Waals surface area contributed by atoms with Gasteiger partial charge in [-0.3, -0.25) is 4.79 Å². The maximum absolute atomic E-state index is 11.5. The lowest BCUT2D eigenvalue weighted by atomic mass is 9.97. The average Bonchev–Trinajstić information content (AvgIpc) is 2.31. The van der Waals surface area contributed by atoms with E-state index in [0.29, 0.717) is 12.1 Å². The molecule has 1 aromatic rings. The normalized spacial score (nSPS) is 8.57. The molecule has 0 heterocycles. The van der Waals surface area contributed by atoms with Gasteiger partial charge in [-0.15, -0.1) is 0 Å². The summed E-state index contributed by atoms with van der Waals surface area (Å²) in [6.07, 6.45) is 0.281. The minimum atomic E-state index is -0.0362. The Morgan fingerprint density at radius 2 is 1.76 bits per heavy atom. The van der Waals surface area contributed by atoms with Gasteiger partial charge in [-0.25, -0.2) is 0 Å². The Kier molecular flexibility index (Phi) is 10.6. The average molecular weight is 292 g/mol. The summed E-state index contributed by atoms with van der Waals surface area (Å²) in [5.74, 6) is 0.131. The second-order valence-electron chi connectivity index (χ2n) is 4.76. The van der Waals surface area contributed by atoms with Crippen LogP contribution in [0.25, 0.3) is 0 Å². The molecule has 0 aromatic heterocycles. The predicted octanol–water partition coefficient (Wildman–Crippen LogP) is 1.62. The van der Waals surface area contributed by atoms with Crippen molar-refractivity contribution >= 4 is 11.7 Å². The number of hydrogen-bond acceptors (Lipinski definition) is 3. The first-order valence-corrected chi connectivity index (χ1v) is 6.55. The fourth-order valence-electron chi connectivity index (χ4n) is 1.75. The van der Waals surface area contributed by atoms with Crippen LogP contribution in [0.15, 0.2) is 12.1 Å². The van der Waals surface area contributed by atoms with E-state index in [1.807, 2.05) is 32.9 Å². The van der Waals surface area contributed by atoms with E-state index in [4.69, 9.17) is 5.26 Å². The molecule has 5 heteroatoms. The van der Waals surface area contributed by atoms with E-state index >= 15 is 0 Å². The standard InChI is InChI=1S/C13H16N2O.C3H6O.H2O/c1-4-15-13(16)7-12-10(3)5-9(2)6-11(12)8-14;1-3(2)4;/h5-6H,4,7H2,1-3H3,(H,15,16);1-2H3;1H2. The number of hydrogen-bond donors (Lipinski definition) is 1. The number of amides is 1. The molecule has 1 rings (SSSR count). The van der Waals surface area contributed by atoms with Crippen LogP contribution in [0.4, 0.5) is 0 Å². The van der Waals surface area contributed by atoms with Gasteiger partial charge in [-0.2, -0.15) is 5.26 Å². The molecule has 1 amide bonds. The number of nitriles is 1. The highest BCUT2D eigenvalue weighted by Crippen LogP contribution is 2.17. The first kappa shape index (κ1) is 21.1. The Balaban J connectivity index is 0. The Morgan fingerprint density at radius 1 is 1.24 bits per heavy atom. The predicted molar refractivity (Wildman–Crippen MR) is 83.0 cm³/mol. The van der Waals surface area contributed by atoms with Gasteiger partial charge in [0, 0.05) is 6.54 Å². The van der Waals surface area contributed by atoms with Crippen LogP contribution in [0.1, 0.15) is 43.0 Å². The topological polar surface area (TPSA) is 101 Å². The van der Waals surface area contributed by atoms with Crippen LogP contribution in [0, 0.1) is 25.2 Å². The third-order valence-corrected chi connectivity index (χ3v) is 2.45. The molecule has 0 radical (unpaired) electrons.